The average Bonchev–Trinajstić information content (AvgIpc) is 2.74. The minimum atomic E-state index is -0.528. The summed E-state index contributed by atoms with van der Waals surface area (Å²) in [5.41, 5.74) is 1.32. The Morgan fingerprint density at radius 3 is 2.35 bits per heavy atom. The minimum Gasteiger partial charge on any atom is -0.497 e. The number of hydrogen-bond acceptors (Lipinski definition) is 6. The largest absolute Gasteiger partial charge is 0.497 e. The number of nitrogens with one attached hydrogen (secondary N) is 2. The number of rotatable bonds is 7. The van der Waals surface area contributed by atoms with Gasteiger partial charge in [0.25, 0.3) is 11.5 Å². The van der Waals surface area contributed by atoms with Crippen LogP contribution in [0.4, 0.5) is 5.69 Å². The third kappa shape index (κ3) is 6.02. The number of aromatic amines is 1. The first-order valence-corrected chi connectivity index (χ1v) is 9.69. The Hall–Kier alpha value is -3.94. The summed E-state index contributed by atoms with van der Waals surface area (Å²) >= 11 is 0. The standard InChI is InChI=1S/C23H23N3O5/c1-14(2)31-23(29)16-6-8-17(9-7-16)24-22(28)19-13-21(27)26-20(25-19)12-15-4-10-18(30-3)11-5-15/h4-11,13-14H,12H2,1-3H3,(H,24,28)(H,25,26,27). The zero-order chi connectivity index (χ0) is 22.4. The van der Waals surface area contributed by atoms with E-state index < -0.39 is 17.4 Å². The number of carbonyl (C=O) groups is 2. The van der Waals surface area contributed by atoms with E-state index in [2.05, 4.69) is 15.3 Å². The van der Waals surface area contributed by atoms with Crippen LogP contribution in [0.25, 0.3) is 0 Å². The molecular weight excluding hydrogens is 398 g/mol. The van der Waals surface area contributed by atoms with Crippen molar-refractivity contribution in [1.82, 2.24) is 9.97 Å². The summed E-state index contributed by atoms with van der Waals surface area (Å²) in [5.74, 6) is 0.128. The molecule has 1 aromatic heterocycles. The molecule has 2 aromatic carbocycles. The lowest BCUT2D eigenvalue weighted by Gasteiger charge is -2.09. The van der Waals surface area contributed by atoms with Crippen LogP contribution in [-0.2, 0) is 11.2 Å². The number of H-pyrrole nitrogens is 1. The van der Waals surface area contributed by atoms with Gasteiger partial charge in [0.05, 0.1) is 18.8 Å². The molecule has 1 heterocycles. The van der Waals surface area contributed by atoms with Gasteiger partial charge >= 0.3 is 5.97 Å². The van der Waals surface area contributed by atoms with Gasteiger partial charge in [-0.1, -0.05) is 12.1 Å². The third-order valence-electron chi connectivity index (χ3n) is 4.28. The number of amides is 1. The maximum absolute atomic E-state index is 12.6. The van der Waals surface area contributed by atoms with Gasteiger partial charge in [0.15, 0.2) is 0 Å². The highest BCUT2D eigenvalue weighted by atomic mass is 16.5. The van der Waals surface area contributed by atoms with Gasteiger partial charge in [-0.3, -0.25) is 9.59 Å². The molecule has 0 spiro atoms. The molecule has 0 unspecified atom stereocenters. The van der Waals surface area contributed by atoms with Crippen LogP contribution in [-0.4, -0.2) is 35.1 Å². The van der Waals surface area contributed by atoms with Gasteiger partial charge in [-0.05, 0) is 55.8 Å². The molecule has 8 nitrogen and oxygen atoms in total. The zero-order valence-corrected chi connectivity index (χ0v) is 17.5. The van der Waals surface area contributed by atoms with Crippen LogP contribution in [0.15, 0.2) is 59.4 Å². The van der Waals surface area contributed by atoms with Crippen LogP contribution < -0.4 is 15.6 Å². The number of esters is 1. The van der Waals surface area contributed by atoms with E-state index in [1.165, 1.54) is 0 Å². The summed E-state index contributed by atoms with van der Waals surface area (Å²) in [6.45, 7) is 3.54. The number of benzene rings is 2. The van der Waals surface area contributed by atoms with Crippen molar-refractivity contribution in [1.29, 1.82) is 0 Å². The smallest absolute Gasteiger partial charge is 0.338 e. The molecule has 3 rings (SSSR count). The Balaban J connectivity index is 1.71. The number of carbonyl (C=O) groups excluding carboxylic acids is 2. The fraction of sp³-hybridized carbons (Fsp3) is 0.217. The van der Waals surface area contributed by atoms with Crippen molar-refractivity contribution in [3.8, 4) is 5.75 Å². The van der Waals surface area contributed by atoms with Crippen molar-refractivity contribution >= 4 is 17.6 Å². The van der Waals surface area contributed by atoms with Gasteiger partial charge in [-0.2, -0.15) is 0 Å². The molecule has 0 aliphatic heterocycles. The molecule has 0 fully saturated rings. The number of nitrogens with zero attached hydrogens (tertiary/aromatic N) is 1. The Morgan fingerprint density at radius 1 is 1.06 bits per heavy atom. The maximum Gasteiger partial charge on any atom is 0.338 e. The van der Waals surface area contributed by atoms with E-state index in [-0.39, 0.29) is 11.8 Å². The number of hydrogen-bond donors (Lipinski definition) is 2. The highest BCUT2D eigenvalue weighted by Crippen LogP contribution is 2.14. The summed E-state index contributed by atoms with van der Waals surface area (Å²) in [6.07, 6.45) is 0.133. The maximum atomic E-state index is 12.6. The van der Waals surface area contributed by atoms with Gasteiger partial charge < -0.3 is 19.8 Å². The second kappa shape index (κ2) is 9.71. The van der Waals surface area contributed by atoms with E-state index in [0.717, 1.165) is 17.4 Å². The van der Waals surface area contributed by atoms with Crippen LogP contribution >= 0.6 is 0 Å². The molecule has 8 heteroatoms. The normalized spacial score (nSPS) is 10.6. The van der Waals surface area contributed by atoms with Crippen LogP contribution in [0.2, 0.25) is 0 Å². The topological polar surface area (TPSA) is 110 Å². The van der Waals surface area contributed by atoms with E-state index in [0.29, 0.717) is 23.5 Å². The minimum absolute atomic E-state index is 0.00412. The second-order valence-corrected chi connectivity index (χ2v) is 7.09. The molecule has 0 saturated carbocycles. The van der Waals surface area contributed by atoms with Crippen molar-refractivity contribution < 1.29 is 19.1 Å². The molecule has 2 N–H and O–H groups in total. The summed E-state index contributed by atoms with van der Waals surface area (Å²) < 4.78 is 10.3. The number of methoxy groups -OCH3 is 1. The molecule has 0 aliphatic carbocycles. The van der Waals surface area contributed by atoms with Gasteiger partial charge in [0.2, 0.25) is 0 Å². The van der Waals surface area contributed by atoms with E-state index in [1.54, 1.807) is 45.2 Å². The lowest BCUT2D eigenvalue weighted by molar-refractivity contribution is 0.0378. The van der Waals surface area contributed by atoms with Crippen molar-refractivity contribution in [3.05, 3.63) is 87.6 Å². The molecule has 0 atom stereocenters. The molecule has 0 radical (unpaired) electrons. The fourth-order valence-corrected chi connectivity index (χ4v) is 2.81. The molecule has 0 saturated heterocycles. The quantitative estimate of drug-likeness (QED) is 0.567. The third-order valence-corrected chi connectivity index (χ3v) is 4.28. The summed E-state index contributed by atoms with van der Waals surface area (Å²) in [7, 11) is 1.58. The van der Waals surface area contributed by atoms with E-state index in [1.807, 2.05) is 24.3 Å². The zero-order valence-electron chi connectivity index (χ0n) is 17.5. The van der Waals surface area contributed by atoms with E-state index in [9.17, 15) is 14.4 Å². The van der Waals surface area contributed by atoms with E-state index >= 15 is 0 Å². The number of ether oxygens (including phenoxy) is 2. The predicted molar refractivity (Wildman–Crippen MR) is 116 cm³/mol. The van der Waals surface area contributed by atoms with Crippen molar-refractivity contribution in [2.75, 3.05) is 12.4 Å². The lowest BCUT2D eigenvalue weighted by atomic mass is 10.1. The first kappa shape index (κ1) is 21.8. The van der Waals surface area contributed by atoms with Crippen LogP contribution in [0.1, 0.15) is 46.1 Å². The summed E-state index contributed by atoms with van der Waals surface area (Å²) in [4.78, 5) is 43.4. The highest BCUT2D eigenvalue weighted by Gasteiger charge is 2.13. The Kier molecular flexibility index (Phi) is 6.81. The van der Waals surface area contributed by atoms with Gasteiger partial charge in [-0.15, -0.1) is 0 Å². The van der Waals surface area contributed by atoms with Crippen LogP contribution in [0, 0.1) is 0 Å². The van der Waals surface area contributed by atoms with Crippen molar-refractivity contribution in [2.24, 2.45) is 0 Å². The number of anilines is 1. The first-order chi connectivity index (χ1) is 14.8. The molecule has 160 valence electrons. The highest BCUT2D eigenvalue weighted by molar-refractivity contribution is 6.03. The van der Waals surface area contributed by atoms with E-state index in [4.69, 9.17) is 9.47 Å². The molecule has 3 aromatic rings. The van der Waals surface area contributed by atoms with Crippen LogP contribution in [0.5, 0.6) is 5.75 Å². The Labute approximate surface area is 179 Å². The van der Waals surface area contributed by atoms with Gasteiger partial charge in [0, 0.05) is 18.2 Å². The molecule has 0 aliphatic rings. The predicted octanol–water partition coefficient (Wildman–Crippen LogP) is 3.19. The van der Waals surface area contributed by atoms with Gasteiger partial charge in [-0.25, -0.2) is 9.78 Å². The van der Waals surface area contributed by atoms with Gasteiger partial charge in [0.1, 0.15) is 17.3 Å². The second-order valence-electron chi connectivity index (χ2n) is 7.09. The summed E-state index contributed by atoms with van der Waals surface area (Å²) in [6, 6.07) is 14.8. The fourth-order valence-electron chi connectivity index (χ4n) is 2.81. The Morgan fingerprint density at radius 2 is 1.74 bits per heavy atom. The lowest BCUT2D eigenvalue weighted by Crippen LogP contribution is -2.20. The first-order valence-electron chi connectivity index (χ1n) is 9.69. The molecule has 0 bridgehead atoms. The van der Waals surface area contributed by atoms with Crippen LogP contribution in [0.3, 0.4) is 0 Å². The molecule has 31 heavy (non-hydrogen) atoms. The monoisotopic (exact) mass is 421 g/mol. The van der Waals surface area contributed by atoms with Crippen molar-refractivity contribution in [2.45, 2.75) is 26.4 Å². The molecular formula is C23H23N3O5. The summed E-state index contributed by atoms with van der Waals surface area (Å²) in [5, 5.41) is 2.68. The Bertz CT molecular complexity index is 1120. The number of aromatic nitrogens is 2. The SMILES string of the molecule is COc1ccc(Cc2nc(C(=O)Nc3ccc(C(=O)OC(C)C)cc3)cc(=O)[nH]2)cc1. The van der Waals surface area contributed by atoms with Crippen molar-refractivity contribution in [3.63, 3.8) is 0 Å². The molecule has 1 amide bonds. The average molecular weight is 421 g/mol.